The Morgan fingerprint density at radius 1 is 1.07 bits per heavy atom. The molecule has 0 aliphatic heterocycles. The third kappa shape index (κ3) is 1.73. The van der Waals surface area contributed by atoms with Gasteiger partial charge in [-0.05, 0) is 6.92 Å². The van der Waals surface area contributed by atoms with E-state index in [4.69, 9.17) is 5.26 Å². The minimum absolute atomic E-state index is 0.101. The van der Waals surface area contributed by atoms with Crippen LogP contribution < -0.4 is 4.74 Å². The van der Waals surface area contributed by atoms with Gasteiger partial charge >= 0.3 is 0 Å². The van der Waals surface area contributed by atoms with Crippen LogP contribution in [0.3, 0.4) is 0 Å². The van der Waals surface area contributed by atoms with Crippen molar-refractivity contribution in [3.63, 3.8) is 0 Å². The van der Waals surface area contributed by atoms with E-state index in [-0.39, 0.29) is 6.61 Å². The summed E-state index contributed by atoms with van der Waals surface area (Å²) in [5.41, 5.74) is -0.978. The smallest absolute Gasteiger partial charge is 0.205 e. The molecule has 6 heteroatoms. The van der Waals surface area contributed by atoms with Gasteiger partial charge in [0.25, 0.3) is 0 Å². The molecular formula is C9H5F4NO. The van der Waals surface area contributed by atoms with E-state index < -0.39 is 34.6 Å². The molecule has 0 bridgehead atoms. The van der Waals surface area contributed by atoms with E-state index in [1.807, 2.05) is 0 Å². The van der Waals surface area contributed by atoms with Crippen LogP contribution in [0.4, 0.5) is 17.6 Å². The first kappa shape index (κ1) is 11.3. The summed E-state index contributed by atoms with van der Waals surface area (Å²) in [6, 6.07) is 1.21. The van der Waals surface area contributed by atoms with Crippen molar-refractivity contribution in [3.05, 3.63) is 28.8 Å². The van der Waals surface area contributed by atoms with E-state index in [0.717, 1.165) is 0 Å². The van der Waals surface area contributed by atoms with Crippen molar-refractivity contribution in [1.29, 1.82) is 5.26 Å². The molecule has 1 aromatic rings. The summed E-state index contributed by atoms with van der Waals surface area (Å²) < 4.78 is 55.9. The molecule has 15 heavy (non-hydrogen) atoms. The fourth-order valence-electron chi connectivity index (χ4n) is 0.991. The van der Waals surface area contributed by atoms with E-state index >= 15 is 0 Å². The lowest BCUT2D eigenvalue weighted by molar-refractivity contribution is 0.301. The predicted octanol–water partition coefficient (Wildman–Crippen LogP) is 2.51. The van der Waals surface area contributed by atoms with Crippen LogP contribution >= 0.6 is 0 Å². The van der Waals surface area contributed by atoms with Gasteiger partial charge in [-0.3, -0.25) is 0 Å². The van der Waals surface area contributed by atoms with Crippen LogP contribution in [0.2, 0.25) is 0 Å². The second-order valence-electron chi connectivity index (χ2n) is 2.50. The van der Waals surface area contributed by atoms with Gasteiger partial charge in [-0.25, -0.2) is 13.2 Å². The zero-order chi connectivity index (χ0) is 11.6. The first-order chi connectivity index (χ1) is 7.04. The van der Waals surface area contributed by atoms with Gasteiger partial charge in [0.1, 0.15) is 11.6 Å². The number of ether oxygens (including phenoxy) is 1. The Bertz CT molecular complexity index is 439. The second-order valence-corrected chi connectivity index (χ2v) is 2.50. The Kier molecular flexibility index (Phi) is 3.14. The predicted molar refractivity (Wildman–Crippen MR) is 42.2 cm³/mol. The molecular weight excluding hydrogens is 214 g/mol. The average Bonchev–Trinajstić information content (AvgIpc) is 2.24. The second kappa shape index (κ2) is 4.17. The fourth-order valence-corrected chi connectivity index (χ4v) is 0.991. The number of rotatable bonds is 2. The van der Waals surface area contributed by atoms with E-state index in [9.17, 15) is 17.6 Å². The van der Waals surface area contributed by atoms with Crippen LogP contribution in [-0.4, -0.2) is 6.61 Å². The van der Waals surface area contributed by atoms with Crippen molar-refractivity contribution in [3.8, 4) is 11.8 Å². The van der Waals surface area contributed by atoms with Gasteiger partial charge in [0.2, 0.25) is 11.6 Å². The van der Waals surface area contributed by atoms with E-state index in [2.05, 4.69) is 4.74 Å². The third-order valence-electron chi connectivity index (χ3n) is 1.62. The van der Waals surface area contributed by atoms with Crippen LogP contribution in [0, 0.1) is 34.6 Å². The van der Waals surface area contributed by atoms with Gasteiger partial charge in [-0.2, -0.15) is 9.65 Å². The lowest BCUT2D eigenvalue weighted by Gasteiger charge is -2.08. The first-order valence-corrected chi connectivity index (χ1v) is 3.93. The van der Waals surface area contributed by atoms with Crippen LogP contribution in [0.1, 0.15) is 12.5 Å². The van der Waals surface area contributed by atoms with Crippen molar-refractivity contribution in [1.82, 2.24) is 0 Å². The van der Waals surface area contributed by atoms with Crippen LogP contribution in [0.25, 0.3) is 0 Å². The molecule has 0 N–H and O–H groups in total. The number of hydrogen-bond acceptors (Lipinski definition) is 2. The number of benzene rings is 1. The molecule has 0 spiro atoms. The van der Waals surface area contributed by atoms with Crippen molar-refractivity contribution in [2.24, 2.45) is 0 Å². The van der Waals surface area contributed by atoms with E-state index in [1.165, 1.54) is 13.0 Å². The highest BCUT2D eigenvalue weighted by molar-refractivity contribution is 5.46. The summed E-state index contributed by atoms with van der Waals surface area (Å²) in [5, 5.41) is 8.44. The summed E-state index contributed by atoms with van der Waals surface area (Å²) in [6.07, 6.45) is 0. The molecule has 1 aromatic carbocycles. The molecule has 0 fully saturated rings. The molecule has 0 radical (unpaired) electrons. The third-order valence-corrected chi connectivity index (χ3v) is 1.62. The minimum atomic E-state index is -2.02. The summed E-state index contributed by atoms with van der Waals surface area (Å²) in [7, 11) is 0. The Morgan fingerprint density at radius 3 is 2.07 bits per heavy atom. The zero-order valence-corrected chi connectivity index (χ0v) is 7.57. The summed E-state index contributed by atoms with van der Waals surface area (Å²) in [5.74, 6) is -8.37. The zero-order valence-electron chi connectivity index (χ0n) is 7.57. The number of halogens is 4. The number of nitriles is 1. The van der Waals surface area contributed by atoms with Crippen molar-refractivity contribution in [2.75, 3.05) is 6.61 Å². The van der Waals surface area contributed by atoms with Gasteiger partial charge < -0.3 is 4.74 Å². The van der Waals surface area contributed by atoms with Crippen LogP contribution in [-0.2, 0) is 0 Å². The van der Waals surface area contributed by atoms with E-state index in [1.54, 1.807) is 0 Å². The Hall–Kier alpha value is -1.77. The Labute approximate surface area is 82.7 Å². The normalized spacial score (nSPS) is 9.87. The molecule has 0 aliphatic rings. The van der Waals surface area contributed by atoms with Gasteiger partial charge in [0, 0.05) is 0 Å². The molecule has 0 amide bonds. The standard InChI is InChI=1S/C9H5F4NO/c1-2-15-9-4(3-14)5(10)6(11)7(12)8(9)13/h2H2,1H3. The monoisotopic (exact) mass is 219 g/mol. The molecule has 0 saturated carbocycles. The van der Waals surface area contributed by atoms with Crippen LogP contribution in [0.15, 0.2) is 0 Å². The molecule has 0 unspecified atom stereocenters. The molecule has 0 saturated heterocycles. The molecule has 2 nitrogen and oxygen atoms in total. The maximum Gasteiger partial charge on any atom is 0.205 e. The van der Waals surface area contributed by atoms with Crippen molar-refractivity contribution >= 4 is 0 Å². The first-order valence-electron chi connectivity index (χ1n) is 3.93. The largest absolute Gasteiger partial charge is 0.489 e. The van der Waals surface area contributed by atoms with Crippen molar-refractivity contribution < 1.29 is 22.3 Å². The molecule has 0 atom stereocenters. The summed E-state index contributed by atoms with van der Waals surface area (Å²) >= 11 is 0. The maximum atomic E-state index is 13.0. The highest BCUT2D eigenvalue weighted by atomic mass is 19.2. The fraction of sp³-hybridized carbons (Fsp3) is 0.222. The van der Waals surface area contributed by atoms with Gasteiger partial charge in [0.15, 0.2) is 17.4 Å². The highest BCUT2D eigenvalue weighted by Gasteiger charge is 2.26. The number of nitrogens with zero attached hydrogens (tertiary/aromatic N) is 1. The van der Waals surface area contributed by atoms with Crippen molar-refractivity contribution in [2.45, 2.75) is 6.92 Å². The highest BCUT2D eigenvalue weighted by Crippen LogP contribution is 2.29. The van der Waals surface area contributed by atoms with Crippen LogP contribution in [0.5, 0.6) is 5.75 Å². The quantitative estimate of drug-likeness (QED) is 0.435. The SMILES string of the molecule is CCOc1c(F)c(F)c(F)c(F)c1C#N. The minimum Gasteiger partial charge on any atom is -0.489 e. The lowest BCUT2D eigenvalue weighted by Crippen LogP contribution is -2.06. The molecule has 1 rings (SSSR count). The van der Waals surface area contributed by atoms with Gasteiger partial charge in [-0.15, -0.1) is 0 Å². The average molecular weight is 219 g/mol. The van der Waals surface area contributed by atoms with Gasteiger partial charge in [-0.1, -0.05) is 0 Å². The Morgan fingerprint density at radius 2 is 1.60 bits per heavy atom. The topological polar surface area (TPSA) is 33.0 Å². The molecule has 80 valence electrons. The Balaban J connectivity index is 3.56. The molecule has 0 aromatic heterocycles. The van der Waals surface area contributed by atoms with E-state index in [0.29, 0.717) is 0 Å². The summed E-state index contributed by atoms with van der Waals surface area (Å²) in [4.78, 5) is 0. The molecule has 0 aliphatic carbocycles. The number of hydrogen-bond donors (Lipinski definition) is 0. The molecule has 0 heterocycles. The lowest BCUT2D eigenvalue weighted by atomic mass is 10.2. The maximum absolute atomic E-state index is 13.0. The summed E-state index contributed by atoms with van der Waals surface area (Å²) in [6.45, 7) is 1.33. The van der Waals surface area contributed by atoms with Gasteiger partial charge in [0.05, 0.1) is 6.61 Å².